The van der Waals surface area contributed by atoms with Gasteiger partial charge in [-0.25, -0.2) is 0 Å². The second kappa shape index (κ2) is 6.76. The van der Waals surface area contributed by atoms with Crippen LogP contribution in [0.2, 0.25) is 0 Å². The molecule has 114 valence electrons. The minimum atomic E-state index is -0.371. The number of para-hydroxylation sites is 1. The highest BCUT2D eigenvalue weighted by molar-refractivity contribution is 6.10. The van der Waals surface area contributed by atoms with Gasteiger partial charge in [-0.3, -0.25) is 9.59 Å². The molecule has 0 heterocycles. The molecule has 1 N–H and O–H groups in total. The van der Waals surface area contributed by atoms with Crippen molar-refractivity contribution in [3.05, 3.63) is 53.6 Å². The van der Waals surface area contributed by atoms with Gasteiger partial charge in [0.05, 0.1) is 25.5 Å². The van der Waals surface area contributed by atoms with Crippen LogP contribution >= 0.6 is 0 Å². The number of carbonyl (C=O) groups excluding carboxylic acids is 2. The van der Waals surface area contributed by atoms with E-state index in [0.29, 0.717) is 28.3 Å². The van der Waals surface area contributed by atoms with E-state index in [1.165, 1.54) is 21.1 Å². The topological polar surface area (TPSA) is 64.6 Å². The fraction of sp³-hybridized carbons (Fsp3) is 0.176. The van der Waals surface area contributed by atoms with Gasteiger partial charge in [-0.05, 0) is 37.3 Å². The number of anilines is 1. The molecule has 0 bridgehead atoms. The van der Waals surface area contributed by atoms with Gasteiger partial charge in [0.1, 0.15) is 11.5 Å². The Kier molecular flexibility index (Phi) is 4.78. The number of ketones is 1. The summed E-state index contributed by atoms with van der Waals surface area (Å²) in [5, 5.41) is 2.74. The van der Waals surface area contributed by atoms with Crippen molar-refractivity contribution < 1.29 is 19.1 Å². The second-order valence-electron chi connectivity index (χ2n) is 4.62. The molecule has 0 aliphatic rings. The molecule has 0 radical (unpaired) electrons. The first-order valence-electron chi connectivity index (χ1n) is 6.70. The standard InChI is InChI=1S/C17H17NO4/c1-11(19)13-6-4-5-7-15(13)18-17(20)14-10-12(21-2)8-9-16(14)22-3/h4-10H,1-3H3,(H,18,20). The van der Waals surface area contributed by atoms with Gasteiger partial charge in [0, 0.05) is 5.56 Å². The molecule has 0 saturated heterocycles. The highest BCUT2D eigenvalue weighted by Gasteiger charge is 2.16. The largest absolute Gasteiger partial charge is 0.497 e. The summed E-state index contributed by atoms with van der Waals surface area (Å²) in [6.07, 6.45) is 0. The number of rotatable bonds is 5. The Bertz CT molecular complexity index is 710. The minimum Gasteiger partial charge on any atom is -0.497 e. The van der Waals surface area contributed by atoms with Gasteiger partial charge in [-0.2, -0.15) is 0 Å². The van der Waals surface area contributed by atoms with Crippen molar-refractivity contribution in [3.8, 4) is 11.5 Å². The zero-order valence-corrected chi connectivity index (χ0v) is 12.7. The fourth-order valence-electron chi connectivity index (χ4n) is 2.08. The molecule has 5 heteroatoms. The van der Waals surface area contributed by atoms with Crippen LogP contribution < -0.4 is 14.8 Å². The van der Waals surface area contributed by atoms with Gasteiger partial charge < -0.3 is 14.8 Å². The van der Waals surface area contributed by atoms with Crippen LogP contribution in [0.25, 0.3) is 0 Å². The smallest absolute Gasteiger partial charge is 0.259 e. The molecule has 0 unspecified atom stereocenters. The Morgan fingerprint density at radius 1 is 0.955 bits per heavy atom. The quantitative estimate of drug-likeness (QED) is 0.861. The van der Waals surface area contributed by atoms with Crippen LogP contribution in [0.3, 0.4) is 0 Å². The Hall–Kier alpha value is -2.82. The third-order valence-corrected chi connectivity index (χ3v) is 3.21. The number of methoxy groups -OCH3 is 2. The second-order valence-corrected chi connectivity index (χ2v) is 4.62. The Morgan fingerprint density at radius 3 is 2.32 bits per heavy atom. The Labute approximate surface area is 128 Å². The summed E-state index contributed by atoms with van der Waals surface area (Å²) in [5.74, 6) is 0.488. The van der Waals surface area contributed by atoms with Crippen molar-refractivity contribution in [1.82, 2.24) is 0 Å². The van der Waals surface area contributed by atoms with Gasteiger partial charge in [0.25, 0.3) is 5.91 Å². The Morgan fingerprint density at radius 2 is 1.68 bits per heavy atom. The molecule has 0 aliphatic carbocycles. The number of Topliss-reactive ketones (excluding diaryl/α,β-unsaturated/α-hetero) is 1. The first kappa shape index (κ1) is 15.6. The number of hydrogen-bond donors (Lipinski definition) is 1. The number of amides is 1. The SMILES string of the molecule is COc1ccc(OC)c(C(=O)Nc2ccccc2C(C)=O)c1. The maximum atomic E-state index is 12.5. The van der Waals surface area contributed by atoms with E-state index >= 15 is 0 Å². The van der Waals surface area contributed by atoms with Crippen molar-refractivity contribution in [3.63, 3.8) is 0 Å². The molecule has 0 saturated carbocycles. The van der Waals surface area contributed by atoms with Crippen molar-refractivity contribution in [1.29, 1.82) is 0 Å². The maximum absolute atomic E-state index is 12.5. The summed E-state index contributed by atoms with van der Waals surface area (Å²) in [6.45, 7) is 1.46. The molecule has 0 fully saturated rings. The molecule has 5 nitrogen and oxygen atoms in total. The van der Waals surface area contributed by atoms with Crippen LogP contribution in [-0.4, -0.2) is 25.9 Å². The highest BCUT2D eigenvalue weighted by Crippen LogP contribution is 2.25. The van der Waals surface area contributed by atoms with Gasteiger partial charge in [0.2, 0.25) is 0 Å². The molecule has 2 aromatic carbocycles. The van der Waals surface area contributed by atoms with Crippen molar-refractivity contribution in [2.45, 2.75) is 6.92 Å². The molecular weight excluding hydrogens is 282 g/mol. The van der Waals surface area contributed by atoms with Gasteiger partial charge in [0.15, 0.2) is 5.78 Å². The number of benzene rings is 2. The number of hydrogen-bond acceptors (Lipinski definition) is 4. The lowest BCUT2D eigenvalue weighted by Gasteiger charge is -2.12. The minimum absolute atomic E-state index is 0.117. The van der Waals surface area contributed by atoms with Gasteiger partial charge >= 0.3 is 0 Å². The van der Waals surface area contributed by atoms with Crippen LogP contribution in [-0.2, 0) is 0 Å². The first-order valence-corrected chi connectivity index (χ1v) is 6.70. The van der Waals surface area contributed by atoms with Crippen molar-refractivity contribution in [2.75, 3.05) is 19.5 Å². The lowest BCUT2D eigenvalue weighted by Crippen LogP contribution is -2.15. The molecule has 2 rings (SSSR count). The normalized spacial score (nSPS) is 9.95. The van der Waals surface area contributed by atoms with E-state index in [-0.39, 0.29) is 11.7 Å². The maximum Gasteiger partial charge on any atom is 0.259 e. The number of nitrogens with one attached hydrogen (secondary N) is 1. The van der Waals surface area contributed by atoms with E-state index < -0.39 is 0 Å². The van der Waals surface area contributed by atoms with E-state index in [1.54, 1.807) is 42.5 Å². The van der Waals surface area contributed by atoms with Crippen molar-refractivity contribution in [2.24, 2.45) is 0 Å². The Balaban J connectivity index is 2.35. The van der Waals surface area contributed by atoms with E-state index in [2.05, 4.69) is 5.32 Å². The summed E-state index contributed by atoms with van der Waals surface area (Å²) in [6, 6.07) is 11.8. The van der Waals surface area contributed by atoms with E-state index in [0.717, 1.165) is 0 Å². The molecule has 1 amide bonds. The average molecular weight is 299 g/mol. The predicted octanol–water partition coefficient (Wildman–Crippen LogP) is 3.16. The zero-order chi connectivity index (χ0) is 16.1. The van der Waals surface area contributed by atoms with Crippen LogP contribution in [0.5, 0.6) is 11.5 Å². The zero-order valence-electron chi connectivity index (χ0n) is 12.7. The molecule has 2 aromatic rings. The summed E-state index contributed by atoms with van der Waals surface area (Å²) >= 11 is 0. The third-order valence-electron chi connectivity index (χ3n) is 3.21. The molecule has 22 heavy (non-hydrogen) atoms. The third kappa shape index (κ3) is 3.25. The summed E-state index contributed by atoms with van der Waals surface area (Å²) in [4.78, 5) is 24.1. The first-order chi connectivity index (χ1) is 10.6. The van der Waals surface area contributed by atoms with Gasteiger partial charge in [-0.1, -0.05) is 12.1 Å². The molecule has 0 atom stereocenters. The molecule has 0 aromatic heterocycles. The van der Waals surface area contributed by atoms with Crippen LogP contribution in [0.4, 0.5) is 5.69 Å². The summed E-state index contributed by atoms with van der Waals surface area (Å²) in [7, 11) is 3.01. The lowest BCUT2D eigenvalue weighted by molar-refractivity contribution is 0.101. The van der Waals surface area contributed by atoms with E-state index in [9.17, 15) is 9.59 Å². The van der Waals surface area contributed by atoms with Crippen LogP contribution in [0.1, 0.15) is 27.6 Å². The monoisotopic (exact) mass is 299 g/mol. The van der Waals surface area contributed by atoms with E-state index in [4.69, 9.17) is 9.47 Å². The van der Waals surface area contributed by atoms with Crippen LogP contribution in [0, 0.1) is 0 Å². The molecule has 0 aliphatic heterocycles. The average Bonchev–Trinajstić information content (AvgIpc) is 2.54. The highest BCUT2D eigenvalue weighted by atomic mass is 16.5. The van der Waals surface area contributed by atoms with Gasteiger partial charge in [-0.15, -0.1) is 0 Å². The molecular formula is C17H17NO4. The fourth-order valence-corrected chi connectivity index (χ4v) is 2.08. The summed E-state index contributed by atoms with van der Waals surface area (Å²) < 4.78 is 10.3. The number of carbonyl (C=O) groups is 2. The number of ether oxygens (including phenoxy) is 2. The van der Waals surface area contributed by atoms with E-state index in [1.807, 2.05) is 0 Å². The molecule has 0 spiro atoms. The van der Waals surface area contributed by atoms with Crippen LogP contribution in [0.15, 0.2) is 42.5 Å². The lowest BCUT2D eigenvalue weighted by atomic mass is 10.1. The van der Waals surface area contributed by atoms with Crippen molar-refractivity contribution >= 4 is 17.4 Å². The summed E-state index contributed by atoms with van der Waals surface area (Å²) in [5.41, 5.74) is 1.25. The predicted molar refractivity (Wildman–Crippen MR) is 83.9 cm³/mol.